The van der Waals surface area contributed by atoms with Gasteiger partial charge in [-0.2, -0.15) is 0 Å². The van der Waals surface area contributed by atoms with Gasteiger partial charge in [0, 0.05) is 13.0 Å². The van der Waals surface area contributed by atoms with Crippen LogP contribution in [0.25, 0.3) is 0 Å². The molecule has 4 nitrogen and oxygen atoms in total. The first-order chi connectivity index (χ1) is 7.19. The van der Waals surface area contributed by atoms with Gasteiger partial charge in [0.15, 0.2) is 0 Å². The van der Waals surface area contributed by atoms with Crippen molar-refractivity contribution in [3.8, 4) is 0 Å². The summed E-state index contributed by atoms with van der Waals surface area (Å²) in [7, 11) is 0. The van der Waals surface area contributed by atoms with E-state index in [0.717, 1.165) is 31.5 Å². The third-order valence-electron chi connectivity index (χ3n) is 2.32. The second-order valence-corrected chi connectivity index (χ2v) is 4.35. The molecule has 0 aliphatic rings. The fraction of sp³-hybridized carbons (Fsp3) is 0.818. The van der Waals surface area contributed by atoms with Crippen LogP contribution >= 0.6 is 0 Å². The molecule has 0 bridgehead atoms. The molecule has 0 fully saturated rings. The highest BCUT2D eigenvalue weighted by atomic mass is 15.4. The monoisotopic (exact) mass is 210 g/mol. The predicted molar refractivity (Wildman–Crippen MR) is 61.6 cm³/mol. The molecule has 1 rings (SSSR count). The van der Waals surface area contributed by atoms with Crippen molar-refractivity contribution in [3.05, 3.63) is 11.4 Å². The number of hydrogen-bond donors (Lipinski definition) is 1. The fourth-order valence-corrected chi connectivity index (χ4v) is 1.70. The van der Waals surface area contributed by atoms with Crippen molar-refractivity contribution in [1.29, 1.82) is 0 Å². The van der Waals surface area contributed by atoms with Crippen LogP contribution in [-0.2, 0) is 19.4 Å². The van der Waals surface area contributed by atoms with Crippen molar-refractivity contribution in [2.45, 2.75) is 46.6 Å². The van der Waals surface area contributed by atoms with Gasteiger partial charge in [-0.15, -0.1) is 5.10 Å². The van der Waals surface area contributed by atoms with Crippen molar-refractivity contribution < 1.29 is 0 Å². The fourth-order valence-electron chi connectivity index (χ4n) is 1.70. The molecule has 0 aliphatic heterocycles. The second kappa shape index (κ2) is 5.85. The van der Waals surface area contributed by atoms with Gasteiger partial charge in [-0.3, -0.25) is 0 Å². The number of hydrogen-bond acceptors (Lipinski definition) is 3. The second-order valence-electron chi connectivity index (χ2n) is 4.35. The van der Waals surface area contributed by atoms with Gasteiger partial charge in [-0.1, -0.05) is 32.4 Å². The van der Waals surface area contributed by atoms with Gasteiger partial charge in [-0.05, 0) is 18.9 Å². The van der Waals surface area contributed by atoms with Crippen molar-refractivity contribution in [2.75, 3.05) is 6.54 Å². The molecule has 4 heteroatoms. The Bertz CT molecular complexity index is 291. The molecule has 0 atom stereocenters. The Kier molecular flexibility index (Phi) is 4.75. The van der Waals surface area contributed by atoms with Gasteiger partial charge in [0.1, 0.15) is 0 Å². The van der Waals surface area contributed by atoms with E-state index < -0.39 is 0 Å². The van der Waals surface area contributed by atoms with E-state index in [0.29, 0.717) is 12.5 Å². The van der Waals surface area contributed by atoms with E-state index in [-0.39, 0.29) is 0 Å². The summed E-state index contributed by atoms with van der Waals surface area (Å²) in [6.07, 6.45) is 3.02. The molecule has 86 valence electrons. The molecule has 0 saturated heterocycles. The van der Waals surface area contributed by atoms with Crippen LogP contribution in [-0.4, -0.2) is 21.5 Å². The third kappa shape index (κ3) is 3.30. The topological polar surface area (TPSA) is 56.7 Å². The van der Waals surface area contributed by atoms with Gasteiger partial charge >= 0.3 is 0 Å². The van der Waals surface area contributed by atoms with Gasteiger partial charge in [0.25, 0.3) is 0 Å². The van der Waals surface area contributed by atoms with Gasteiger partial charge in [0.05, 0.1) is 11.4 Å². The summed E-state index contributed by atoms with van der Waals surface area (Å²) in [5, 5.41) is 8.42. The zero-order valence-electron chi connectivity index (χ0n) is 10.0. The first-order valence-electron chi connectivity index (χ1n) is 5.80. The number of aromatic nitrogens is 3. The molecule has 2 N–H and O–H groups in total. The zero-order valence-corrected chi connectivity index (χ0v) is 10.0. The van der Waals surface area contributed by atoms with Crippen LogP contribution in [0, 0.1) is 5.92 Å². The molecule has 0 aliphatic carbocycles. The summed E-state index contributed by atoms with van der Waals surface area (Å²) in [5.41, 5.74) is 7.92. The van der Waals surface area contributed by atoms with E-state index >= 15 is 0 Å². The van der Waals surface area contributed by atoms with E-state index in [2.05, 4.69) is 31.1 Å². The molecule has 0 aromatic carbocycles. The molecule has 1 aromatic heterocycles. The van der Waals surface area contributed by atoms with E-state index in [4.69, 9.17) is 5.73 Å². The number of nitrogens with two attached hydrogens (primary N) is 1. The molecule has 15 heavy (non-hydrogen) atoms. The molecule has 0 spiro atoms. The molecule has 0 saturated carbocycles. The summed E-state index contributed by atoms with van der Waals surface area (Å²) in [6, 6.07) is 0. The van der Waals surface area contributed by atoms with E-state index in [1.807, 2.05) is 4.68 Å². The Hall–Kier alpha value is -0.900. The lowest BCUT2D eigenvalue weighted by molar-refractivity contribution is 0.457. The average Bonchev–Trinajstić information content (AvgIpc) is 2.51. The normalized spacial score (nSPS) is 11.3. The molecule has 0 amide bonds. The van der Waals surface area contributed by atoms with Crippen LogP contribution < -0.4 is 5.73 Å². The van der Waals surface area contributed by atoms with Crippen LogP contribution in [0.1, 0.15) is 38.6 Å². The Morgan fingerprint density at radius 2 is 2.07 bits per heavy atom. The third-order valence-corrected chi connectivity index (χ3v) is 2.32. The zero-order chi connectivity index (χ0) is 11.3. The summed E-state index contributed by atoms with van der Waals surface area (Å²) >= 11 is 0. The maximum absolute atomic E-state index is 5.56. The maximum atomic E-state index is 5.56. The largest absolute Gasteiger partial charge is 0.330 e. The quantitative estimate of drug-likeness (QED) is 0.772. The lowest BCUT2D eigenvalue weighted by Crippen LogP contribution is -2.11. The summed E-state index contributed by atoms with van der Waals surface area (Å²) in [6.45, 7) is 8.17. The molecule has 1 heterocycles. The first kappa shape index (κ1) is 12.2. The number of rotatable bonds is 6. The Morgan fingerprint density at radius 1 is 1.33 bits per heavy atom. The highest BCUT2D eigenvalue weighted by molar-refractivity contribution is 5.11. The molecule has 0 unspecified atom stereocenters. The SMILES string of the molecule is CCCc1c(CCN)nnn1CC(C)C. The minimum Gasteiger partial charge on any atom is -0.330 e. The molecular weight excluding hydrogens is 188 g/mol. The maximum Gasteiger partial charge on any atom is 0.0871 e. The smallest absolute Gasteiger partial charge is 0.0871 e. The summed E-state index contributed by atoms with van der Waals surface area (Å²) in [4.78, 5) is 0. The lowest BCUT2D eigenvalue weighted by Gasteiger charge is -2.08. The predicted octanol–water partition coefficient (Wildman–Crippen LogP) is 1.39. The standard InChI is InChI=1S/C11H22N4/c1-4-5-11-10(6-7-12)13-14-15(11)8-9(2)3/h9H,4-8,12H2,1-3H3. The van der Waals surface area contributed by atoms with Crippen LogP contribution in [0.5, 0.6) is 0 Å². The molecule has 1 aromatic rings. The lowest BCUT2D eigenvalue weighted by atomic mass is 10.1. The van der Waals surface area contributed by atoms with Crippen LogP contribution in [0.3, 0.4) is 0 Å². The summed E-state index contributed by atoms with van der Waals surface area (Å²) < 4.78 is 2.04. The average molecular weight is 210 g/mol. The summed E-state index contributed by atoms with van der Waals surface area (Å²) in [5.74, 6) is 0.605. The van der Waals surface area contributed by atoms with E-state index in [1.165, 1.54) is 5.69 Å². The minimum absolute atomic E-state index is 0.605. The van der Waals surface area contributed by atoms with Gasteiger partial charge in [-0.25, -0.2) is 4.68 Å². The minimum atomic E-state index is 0.605. The van der Waals surface area contributed by atoms with Crippen molar-refractivity contribution >= 4 is 0 Å². The molecular formula is C11H22N4. The number of nitrogens with zero attached hydrogens (tertiary/aromatic N) is 3. The highest BCUT2D eigenvalue weighted by Gasteiger charge is 2.11. The van der Waals surface area contributed by atoms with E-state index in [1.54, 1.807) is 0 Å². The Balaban J connectivity index is 2.84. The van der Waals surface area contributed by atoms with Crippen molar-refractivity contribution in [3.63, 3.8) is 0 Å². The first-order valence-corrected chi connectivity index (χ1v) is 5.80. The molecule has 0 radical (unpaired) electrons. The van der Waals surface area contributed by atoms with Crippen LogP contribution in [0.4, 0.5) is 0 Å². The Morgan fingerprint density at radius 3 is 2.60 bits per heavy atom. The van der Waals surface area contributed by atoms with E-state index in [9.17, 15) is 0 Å². The van der Waals surface area contributed by atoms with Crippen LogP contribution in [0.15, 0.2) is 0 Å². The van der Waals surface area contributed by atoms with Gasteiger partial charge < -0.3 is 5.73 Å². The van der Waals surface area contributed by atoms with Gasteiger partial charge in [0.2, 0.25) is 0 Å². The highest BCUT2D eigenvalue weighted by Crippen LogP contribution is 2.11. The van der Waals surface area contributed by atoms with Crippen LogP contribution in [0.2, 0.25) is 0 Å². The Labute approximate surface area is 91.9 Å². The van der Waals surface area contributed by atoms with Crippen molar-refractivity contribution in [1.82, 2.24) is 15.0 Å². The van der Waals surface area contributed by atoms with Crippen molar-refractivity contribution in [2.24, 2.45) is 11.7 Å².